The van der Waals surface area contributed by atoms with Crippen LogP contribution < -0.4 is 17.0 Å². The second-order valence-corrected chi connectivity index (χ2v) is 2.68. The van der Waals surface area contributed by atoms with Crippen LogP contribution >= 0.6 is 0 Å². The third-order valence-electron chi connectivity index (χ3n) is 1.53. The number of anilines is 1. The molecule has 0 amide bonds. The van der Waals surface area contributed by atoms with Gasteiger partial charge in [0.1, 0.15) is 12.0 Å². The topological polar surface area (TPSA) is 130 Å². The molecular formula is C8H10N4O4. The summed E-state index contributed by atoms with van der Waals surface area (Å²) in [5.74, 6) is -0.915. The Morgan fingerprint density at radius 1 is 1.50 bits per heavy atom. The Bertz CT molecular complexity index is 528. The van der Waals surface area contributed by atoms with E-state index in [1.165, 1.54) is 0 Å². The van der Waals surface area contributed by atoms with E-state index in [9.17, 15) is 14.4 Å². The lowest BCUT2D eigenvalue weighted by molar-refractivity contribution is -0.134. The van der Waals surface area contributed by atoms with Crippen LogP contribution in [0, 0.1) is 0 Å². The van der Waals surface area contributed by atoms with Crippen LogP contribution in [0.5, 0.6) is 0 Å². The molecule has 86 valence electrons. The summed E-state index contributed by atoms with van der Waals surface area (Å²) in [5, 5.41) is 0. The van der Waals surface area contributed by atoms with Crippen molar-refractivity contribution in [1.82, 2.24) is 9.97 Å². The van der Waals surface area contributed by atoms with Gasteiger partial charge in [0.2, 0.25) is 0 Å². The first kappa shape index (κ1) is 11.7. The van der Waals surface area contributed by atoms with Gasteiger partial charge in [-0.05, 0) is 6.92 Å². The number of hydrogen-bond donors (Lipinski definition) is 3. The van der Waals surface area contributed by atoms with Crippen molar-refractivity contribution in [2.75, 3.05) is 12.3 Å². The molecule has 4 N–H and O–H groups in total. The van der Waals surface area contributed by atoms with Gasteiger partial charge in [0.25, 0.3) is 5.56 Å². The summed E-state index contributed by atoms with van der Waals surface area (Å²) in [5.41, 5.74) is 3.58. The molecule has 0 aliphatic carbocycles. The number of H-pyrrole nitrogens is 2. The number of aliphatic imine (C=N–C) groups is 1. The van der Waals surface area contributed by atoms with Crippen LogP contribution in [-0.4, -0.2) is 28.8 Å². The third-order valence-corrected chi connectivity index (χ3v) is 1.53. The Kier molecular flexibility index (Phi) is 3.59. The summed E-state index contributed by atoms with van der Waals surface area (Å²) in [6, 6.07) is 0. The Hall–Kier alpha value is -2.38. The number of aromatic nitrogens is 2. The van der Waals surface area contributed by atoms with Crippen LogP contribution in [0.1, 0.15) is 6.92 Å². The van der Waals surface area contributed by atoms with Gasteiger partial charge >= 0.3 is 11.7 Å². The van der Waals surface area contributed by atoms with Crippen molar-refractivity contribution in [3.05, 3.63) is 20.8 Å². The molecule has 1 aromatic heterocycles. The number of nitrogens with zero attached hydrogens (tertiary/aromatic N) is 1. The number of nitrogens with one attached hydrogen (secondary N) is 2. The number of carbonyl (C=O) groups is 1. The minimum atomic E-state index is -0.776. The molecule has 0 aromatic carbocycles. The number of hydrogen-bond acceptors (Lipinski definition) is 6. The molecule has 0 saturated heterocycles. The van der Waals surface area contributed by atoms with E-state index in [2.05, 4.69) is 14.7 Å². The molecule has 0 bridgehead atoms. The fourth-order valence-electron chi connectivity index (χ4n) is 0.922. The Labute approximate surface area is 89.2 Å². The van der Waals surface area contributed by atoms with Crippen LogP contribution in [0.2, 0.25) is 0 Å². The highest BCUT2D eigenvalue weighted by Crippen LogP contribution is 2.08. The normalized spacial score (nSPS) is 10.6. The van der Waals surface area contributed by atoms with Crippen LogP contribution in [0.4, 0.5) is 11.5 Å². The molecule has 0 spiro atoms. The average molecular weight is 226 g/mol. The van der Waals surface area contributed by atoms with E-state index in [-0.39, 0.29) is 18.1 Å². The van der Waals surface area contributed by atoms with Crippen LogP contribution in [-0.2, 0) is 9.53 Å². The number of nitrogen functional groups attached to an aromatic ring is 1. The molecule has 0 atom stereocenters. The molecule has 1 aromatic rings. The van der Waals surface area contributed by atoms with E-state index in [4.69, 9.17) is 5.73 Å². The Balaban J connectivity index is 3.03. The van der Waals surface area contributed by atoms with Gasteiger partial charge in [-0.2, -0.15) is 0 Å². The summed E-state index contributed by atoms with van der Waals surface area (Å²) in [6.45, 7) is 1.83. The van der Waals surface area contributed by atoms with Crippen LogP contribution in [0.3, 0.4) is 0 Å². The van der Waals surface area contributed by atoms with Gasteiger partial charge in [0.15, 0.2) is 5.69 Å². The quantitative estimate of drug-likeness (QED) is 0.445. The zero-order chi connectivity index (χ0) is 12.1. The lowest BCUT2D eigenvalue weighted by atomic mass is 10.5. The Morgan fingerprint density at radius 2 is 2.19 bits per heavy atom. The largest absolute Gasteiger partial charge is 0.462 e. The first-order chi connectivity index (χ1) is 7.54. The molecule has 8 heteroatoms. The molecule has 8 nitrogen and oxygen atoms in total. The standard InChI is InChI=1S/C8H10N4O4/c1-2-16-4(13)3-10-5-6(9)11-8(15)12-7(5)14/h3H,2H2,1H3,(H4,9,11,12,14,15). The smallest absolute Gasteiger partial charge is 0.349 e. The monoisotopic (exact) mass is 226 g/mol. The predicted octanol–water partition coefficient (Wildman–Crippen LogP) is -1.09. The molecule has 1 heterocycles. The van der Waals surface area contributed by atoms with Crippen LogP contribution in [0.25, 0.3) is 0 Å². The number of rotatable bonds is 3. The minimum Gasteiger partial charge on any atom is -0.462 e. The second-order valence-electron chi connectivity index (χ2n) is 2.68. The number of nitrogens with two attached hydrogens (primary N) is 1. The number of esters is 1. The zero-order valence-corrected chi connectivity index (χ0v) is 8.44. The van der Waals surface area contributed by atoms with Gasteiger partial charge in [0.05, 0.1) is 6.61 Å². The van der Waals surface area contributed by atoms with Crippen LogP contribution in [0.15, 0.2) is 14.6 Å². The number of ether oxygens (including phenoxy) is 1. The number of carbonyl (C=O) groups excluding carboxylic acids is 1. The molecule has 16 heavy (non-hydrogen) atoms. The fourth-order valence-corrected chi connectivity index (χ4v) is 0.922. The summed E-state index contributed by atoms with van der Waals surface area (Å²) in [7, 11) is 0. The maximum Gasteiger partial charge on any atom is 0.349 e. The molecule has 0 saturated carbocycles. The van der Waals surface area contributed by atoms with Gasteiger partial charge in [-0.25, -0.2) is 14.6 Å². The molecule has 0 aliphatic heterocycles. The van der Waals surface area contributed by atoms with Crippen molar-refractivity contribution in [2.45, 2.75) is 6.92 Å². The van der Waals surface area contributed by atoms with Gasteiger partial charge in [-0.3, -0.25) is 14.8 Å². The lowest BCUT2D eigenvalue weighted by Crippen LogP contribution is -2.23. The summed E-state index contributed by atoms with van der Waals surface area (Å²) in [6.07, 6.45) is 0.808. The maximum absolute atomic E-state index is 11.2. The summed E-state index contributed by atoms with van der Waals surface area (Å²) in [4.78, 5) is 40.5. The van der Waals surface area contributed by atoms with E-state index in [1.54, 1.807) is 6.92 Å². The van der Waals surface area contributed by atoms with Gasteiger partial charge in [-0.15, -0.1) is 0 Å². The highest BCUT2D eigenvalue weighted by molar-refractivity contribution is 6.23. The molecular weight excluding hydrogens is 216 g/mol. The molecule has 0 fully saturated rings. The van der Waals surface area contributed by atoms with E-state index < -0.39 is 17.2 Å². The SMILES string of the molecule is CCOC(=O)C=Nc1c(N)[nH]c(=O)[nH]c1=O. The molecule has 0 radical (unpaired) electrons. The first-order valence-electron chi connectivity index (χ1n) is 4.37. The first-order valence-corrected chi connectivity index (χ1v) is 4.37. The molecule has 0 aliphatic rings. The average Bonchev–Trinajstić information content (AvgIpc) is 2.16. The van der Waals surface area contributed by atoms with Gasteiger partial charge < -0.3 is 10.5 Å². The van der Waals surface area contributed by atoms with E-state index in [1.807, 2.05) is 4.98 Å². The Morgan fingerprint density at radius 3 is 2.75 bits per heavy atom. The van der Waals surface area contributed by atoms with Gasteiger partial charge in [0, 0.05) is 0 Å². The minimum absolute atomic E-state index is 0.197. The summed E-state index contributed by atoms with van der Waals surface area (Å²) >= 11 is 0. The van der Waals surface area contributed by atoms with Crippen molar-refractivity contribution >= 4 is 23.7 Å². The highest BCUT2D eigenvalue weighted by Gasteiger charge is 2.05. The van der Waals surface area contributed by atoms with Crippen molar-refractivity contribution < 1.29 is 9.53 Å². The fraction of sp³-hybridized carbons (Fsp3) is 0.250. The third kappa shape index (κ3) is 2.80. The van der Waals surface area contributed by atoms with E-state index >= 15 is 0 Å². The number of aromatic amines is 2. The van der Waals surface area contributed by atoms with E-state index in [0.717, 1.165) is 6.21 Å². The second kappa shape index (κ2) is 4.91. The highest BCUT2D eigenvalue weighted by atomic mass is 16.5. The van der Waals surface area contributed by atoms with Gasteiger partial charge in [-0.1, -0.05) is 0 Å². The van der Waals surface area contributed by atoms with Crippen molar-refractivity contribution in [1.29, 1.82) is 0 Å². The molecule has 1 rings (SSSR count). The summed E-state index contributed by atoms with van der Waals surface area (Å²) < 4.78 is 4.55. The lowest BCUT2D eigenvalue weighted by Gasteiger charge is -1.97. The maximum atomic E-state index is 11.2. The predicted molar refractivity (Wildman–Crippen MR) is 56.9 cm³/mol. The van der Waals surface area contributed by atoms with Crippen molar-refractivity contribution in [3.8, 4) is 0 Å². The van der Waals surface area contributed by atoms with Crippen molar-refractivity contribution in [2.24, 2.45) is 4.99 Å². The van der Waals surface area contributed by atoms with E-state index in [0.29, 0.717) is 0 Å². The zero-order valence-electron chi connectivity index (χ0n) is 8.44. The molecule has 0 unspecified atom stereocenters. The van der Waals surface area contributed by atoms with Crippen molar-refractivity contribution in [3.63, 3.8) is 0 Å².